The van der Waals surface area contributed by atoms with E-state index in [1.54, 1.807) is 0 Å². The van der Waals surface area contributed by atoms with E-state index in [4.69, 9.17) is 5.26 Å². The Morgan fingerprint density at radius 3 is 2.53 bits per heavy atom. The minimum absolute atomic E-state index is 0.171. The van der Waals surface area contributed by atoms with Crippen molar-refractivity contribution in [1.82, 2.24) is 9.88 Å². The van der Waals surface area contributed by atoms with Crippen molar-refractivity contribution in [2.45, 2.75) is 39.5 Å². The van der Waals surface area contributed by atoms with E-state index in [0.717, 1.165) is 38.8 Å². The van der Waals surface area contributed by atoms with Gasteiger partial charge in [-0.15, -0.1) is 0 Å². The van der Waals surface area contributed by atoms with Crippen LogP contribution in [0.1, 0.15) is 38.7 Å². The topological polar surface area (TPSA) is 39.9 Å². The summed E-state index contributed by atoms with van der Waals surface area (Å²) in [5.41, 5.74) is 1.17. The summed E-state index contributed by atoms with van der Waals surface area (Å²) in [6, 6.07) is 6.50. The van der Waals surface area contributed by atoms with Crippen LogP contribution in [-0.2, 0) is 6.42 Å². The first-order valence-corrected chi connectivity index (χ1v) is 7.02. The quantitative estimate of drug-likeness (QED) is 0.673. The van der Waals surface area contributed by atoms with Crippen LogP contribution in [0, 0.1) is 16.7 Å². The van der Waals surface area contributed by atoms with Crippen molar-refractivity contribution in [2.24, 2.45) is 5.41 Å². The Balaban J connectivity index is 2.12. The Hall–Kier alpha value is -1.40. The summed E-state index contributed by atoms with van der Waals surface area (Å²) in [6.45, 7) is 6.21. The van der Waals surface area contributed by atoms with E-state index in [9.17, 15) is 0 Å². The zero-order valence-corrected chi connectivity index (χ0v) is 12.4. The molecule has 0 spiro atoms. The number of likely N-dealkylation sites (N-methyl/N-ethyl adjacent to an activating group) is 1. The maximum absolute atomic E-state index is 8.95. The van der Waals surface area contributed by atoms with E-state index < -0.39 is 0 Å². The molecule has 104 valence electrons. The van der Waals surface area contributed by atoms with Gasteiger partial charge in [-0.3, -0.25) is 4.98 Å². The first-order chi connectivity index (χ1) is 9.03. The predicted molar refractivity (Wildman–Crippen MR) is 78.7 cm³/mol. The van der Waals surface area contributed by atoms with Gasteiger partial charge in [-0.05, 0) is 64.4 Å². The molecule has 0 N–H and O–H groups in total. The molecule has 0 bridgehead atoms. The molecule has 0 amide bonds. The average Bonchev–Trinajstić information content (AvgIpc) is 2.42. The highest BCUT2D eigenvalue weighted by Crippen LogP contribution is 2.21. The molecule has 0 saturated carbocycles. The fourth-order valence-corrected chi connectivity index (χ4v) is 1.99. The molecule has 0 aliphatic rings. The highest BCUT2D eigenvalue weighted by Gasteiger charge is 2.15. The zero-order valence-electron chi connectivity index (χ0n) is 12.4. The largest absolute Gasteiger partial charge is 0.306 e. The van der Waals surface area contributed by atoms with Crippen LogP contribution < -0.4 is 0 Å². The lowest BCUT2D eigenvalue weighted by molar-refractivity contribution is 0.317. The van der Waals surface area contributed by atoms with Crippen molar-refractivity contribution in [1.29, 1.82) is 5.26 Å². The van der Waals surface area contributed by atoms with E-state index in [1.807, 2.05) is 26.2 Å². The summed E-state index contributed by atoms with van der Waals surface area (Å²) >= 11 is 0. The van der Waals surface area contributed by atoms with Crippen molar-refractivity contribution in [3.05, 3.63) is 30.1 Å². The molecule has 3 nitrogen and oxygen atoms in total. The van der Waals surface area contributed by atoms with Gasteiger partial charge in [-0.2, -0.15) is 5.26 Å². The molecule has 1 aromatic rings. The van der Waals surface area contributed by atoms with E-state index in [0.29, 0.717) is 0 Å². The van der Waals surface area contributed by atoms with Gasteiger partial charge in [-0.1, -0.05) is 6.42 Å². The summed E-state index contributed by atoms with van der Waals surface area (Å²) in [4.78, 5) is 6.39. The summed E-state index contributed by atoms with van der Waals surface area (Å²) in [6.07, 6.45) is 8.04. The zero-order chi connectivity index (χ0) is 14.1. The third kappa shape index (κ3) is 6.93. The lowest BCUT2D eigenvalue weighted by Crippen LogP contribution is -2.22. The molecular formula is C16H25N3. The van der Waals surface area contributed by atoms with Crippen molar-refractivity contribution in [2.75, 3.05) is 20.1 Å². The Kier molecular flexibility index (Phi) is 6.52. The third-order valence-electron chi connectivity index (χ3n) is 3.43. The van der Waals surface area contributed by atoms with Crippen LogP contribution in [0.4, 0.5) is 0 Å². The van der Waals surface area contributed by atoms with Crippen LogP contribution in [0.2, 0.25) is 0 Å². The molecule has 1 heterocycles. The molecule has 3 heteroatoms. The van der Waals surface area contributed by atoms with Crippen molar-refractivity contribution in [3.8, 4) is 6.07 Å². The Bertz CT molecular complexity index is 392. The molecule has 19 heavy (non-hydrogen) atoms. The number of pyridine rings is 1. The number of rotatable bonds is 8. The summed E-state index contributed by atoms with van der Waals surface area (Å²) in [5.74, 6) is 0. The van der Waals surface area contributed by atoms with Crippen LogP contribution in [-0.4, -0.2) is 30.0 Å². The molecule has 1 rings (SSSR count). The molecule has 0 unspecified atom stereocenters. The highest BCUT2D eigenvalue weighted by atomic mass is 15.1. The molecule has 0 saturated heterocycles. The highest BCUT2D eigenvalue weighted by molar-refractivity contribution is 5.09. The number of hydrogen-bond donors (Lipinski definition) is 0. The molecule has 0 atom stereocenters. The normalized spacial score (nSPS) is 11.5. The van der Waals surface area contributed by atoms with Gasteiger partial charge in [0, 0.05) is 18.9 Å². The summed E-state index contributed by atoms with van der Waals surface area (Å²) in [5, 5.41) is 8.95. The minimum Gasteiger partial charge on any atom is -0.306 e. The number of unbranched alkanes of at least 4 members (excludes halogenated alkanes) is 1. The maximum atomic E-state index is 8.95. The molecule has 0 aliphatic heterocycles. The monoisotopic (exact) mass is 259 g/mol. The van der Waals surface area contributed by atoms with Crippen LogP contribution in [0.5, 0.6) is 0 Å². The lowest BCUT2D eigenvalue weighted by atomic mass is 9.89. The van der Waals surface area contributed by atoms with Gasteiger partial charge in [0.1, 0.15) is 0 Å². The first-order valence-electron chi connectivity index (χ1n) is 7.02. The smallest absolute Gasteiger partial charge is 0.0683 e. The van der Waals surface area contributed by atoms with Gasteiger partial charge >= 0.3 is 0 Å². The fraction of sp³-hybridized carbons (Fsp3) is 0.625. The number of hydrogen-bond acceptors (Lipinski definition) is 3. The van der Waals surface area contributed by atoms with Crippen molar-refractivity contribution >= 4 is 0 Å². The second kappa shape index (κ2) is 7.91. The van der Waals surface area contributed by atoms with E-state index in [1.165, 1.54) is 5.56 Å². The van der Waals surface area contributed by atoms with E-state index in [2.05, 4.69) is 35.1 Å². The van der Waals surface area contributed by atoms with Gasteiger partial charge < -0.3 is 4.90 Å². The second-order valence-electron chi connectivity index (χ2n) is 5.86. The van der Waals surface area contributed by atoms with Crippen LogP contribution in [0.25, 0.3) is 0 Å². The summed E-state index contributed by atoms with van der Waals surface area (Å²) < 4.78 is 0. The Morgan fingerprint density at radius 2 is 1.89 bits per heavy atom. The van der Waals surface area contributed by atoms with Gasteiger partial charge in [0.25, 0.3) is 0 Å². The van der Waals surface area contributed by atoms with Crippen molar-refractivity contribution < 1.29 is 0 Å². The molecule has 0 aliphatic carbocycles. The minimum atomic E-state index is -0.171. The number of nitriles is 1. The predicted octanol–water partition coefficient (Wildman–Crippen LogP) is 3.28. The van der Waals surface area contributed by atoms with E-state index in [-0.39, 0.29) is 5.41 Å². The number of aromatic nitrogens is 1. The molecule has 0 aromatic carbocycles. The average molecular weight is 259 g/mol. The van der Waals surface area contributed by atoms with Crippen LogP contribution >= 0.6 is 0 Å². The van der Waals surface area contributed by atoms with Gasteiger partial charge in [0.05, 0.1) is 11.5 Å². The molecular weight excluding hydrogens is 234 g/mol. The Morgan fingerprint density at radius 1 is 1.21 bits per heavy atom. The first kappa shape index (κ1) is 15.7. The van der Waals surface area contributed by atoms with Gasteiger partial charge in [0.15, 0.2) is 0 Å². The number of nitrogens with zero attached hydrogens (tertiary/aromatic N) is 3. The molecule has 0 radical (unpaired) electrons. The van der Waals surface area contributed by atoms with Crippen molar-refractivity contribution in [3.63, 3.8) is 0 Å². The van der Waals surface area contributed by atoms with Gasteiger partial charge in [-0.25, -0.2) is 0 Å². The van der Waals surface area contributed by atoms with E-state index >= 15 is 0 Å². The SMILES string of the molecule is CN(CCCCC(C)(C)C#N)CCc1ccncc1. The van der Waals surface area contributed by atoms with Gasteiger partial charge in [0.2, 0.25) is 0 Å². The standard InChI is InChI=1S/C16H25N3/c1-16(2,14-17)9-4-5-12-19(3)13-8-15-6-10-18-11-7-15/h6-7,10-11H,4-5,8-9,12-13H2,1-3H3. The third-order valence-corrected chi connectivity index (χ3v) is 3.43. The maximum Gasteiger partial charge on any atom is 0.0683 e. The summed E-state index contributed by atoms with van der Waals surface area (Å²) in [7, 11) is 2.16. The molecule has 1 aromatic heterocycles. The van der Waals surface area contributed by atoms with Crippen LogP contribution in [0.3, 0.4) is 0 Å². The lowest BCUT2D eigenvalue weighted by Gasteiger charge is -2.18. The Labute approximate surface area is 117 Å². The fourth-order valence-electron chi connectivity index (χ4n) is 1.99. The molecule has 0 fully saturated rings. The van der Waals surface area contributed by atoms with Crippen LogP contribution in [0.15, 0.2) is 24.5 Å². The second-order valence-corrected chi connectivity index (χ2v) is 5.86.